The number of piperidine rings is 1. The molecule has 2 heterocycles. The molecule has 4 rings (SSSR count). The second kappa shape index (κ2) is 7.36. The zero-order valence-corrected chi connectivity index (χ0v) is 15.6. The van der Waals surface area contributed by atoms with Crippen molar-refractivity contribution in [2.24, 2.45) is 5.92 Å². The number of amides is 1. The molecule has 2 aromatic rings. The molecule has 1 aromatic carbocycles. The van der Waals surface area contributed by atoms with Gasteiger partial charge in [-0.25, -0.2) is 9.97 Å². The van der Waals surface area contributed by atoms with Crippen LogP contribution in [0.3, 0.4) is 0 Å². The molecule has 3 atom stereocenters. The highest BCUT2D eigenvalue weighted by Gasteiger charge is 2.46. The van der Waals surface area contributed by atoms with E-state index < -0.39 is 0 Å². The lowest BCUT2D eigenvalue weighted by molar-refractivity contribution is -0.126. The fraction of sp³-hybridized carbons (Fsp3) is 0.286. The van der Waals surface area contributed by atoms with Gasteiger partial charge in [0.15, 0.2) is 0 Å². The standard InChI is InChI=1S/C21H20N6O2/c1-2-17(29)27-9-13-7-15(16(27)8-13)26-21-18(20(23)24-11-25-21)19(22)14-5-3-4-12(6-14)10-28/h1,3-6,10-11,13,15-16,22H,7-9H2,(H3,23,24,25,26). The van der Waals surface area contributed by atoms with Crippen molar-refractivity contribution in [3.8, 4) is 12.3 Å². The molecule has 4 N–H and O–H groups in total. The highest BCUT2D eigenvalue weighted by molar-refractivity contribution is 6.16. The highest BCUT2D eigenvalue weighted by atomic mass is 16.2. The third-order valence-corrected chi connectivity index (χ3v) is 5.63. The fourth-order valence-electron chi connectivity index (χ4n) is 4.34. The van der Waals surface area contributed by atoms with Gasteiger partial charge >= 0.3 is 0 Å². The van der Waals surface area contributed by atoms with Gasteiger partial charge in [-0.05, 0) is 30.7 Å². The topological polar surface area (TPSA) is 125 Å². The molecule has 1 saturated carbocycles. The van der Waals surface area contributed by atoms with Gasteiger partial charge in [0.25, 0.3) is 5.91 Å². The number of nitrogens with two attached hydrogens (primary N) is 1. The lowest BCUT2D eigenvalue weighted by atomic mass is 10.0. The van der Waals surface area contributed by atoms with Crippen molar-refractivity contribution in [2.45, 2.75) is 24.9 Å². The number of carbonyl (C=O) groups is 2. The minimum atomic E-state index is -0.301. The van der Waals surface area contributed by atoms with E-state index >= 15 is 0 Å². The first-order valence-electron chi connectivity index (χ1n) is 9.30. The minimum absolute atomic E-state index is 0.0137. The first kappa shape index (κ1) is 18.6. The molecule has 2 bridgehead atoms. The summed E-state index contributed by atoms with van der Waals surface area (Å²) in [6.45, 7) is 0.680. The molecule has 0 radical (unpaired) electrons. The van der Waals surface area contributed by atoms with E-state index in [1.54, 1.807) is 29.2 Å². The first-order chi connectivity index (χ1) is 14.0. The van der Waals surface area contributed by atoms with E-state index in [1.165, 1.54) is 6.33 Å². The second-order valence-electron chi connectivity index (χ2n) is 7.36. The average Bonchev–Trinajstić information content (AvgIpc) is 3.33. The van der Waals surface area contributed by atoms with Gasteiger partial charge in [-0.15, -0.1) is 6.42 Å². The summed E-state index contributed by atoms with van der Waals surface area (Å²) in [5, 5.41) is 12.0. The zero-order valence-electron chi connectivity index (χ0n) is 15.6. The van der Waals surface area contributed by atoms with Crippen LogP contribution >= 0.6 is 0 Å². The summed E-state index contributed by atoms with van der Waals surface area (Å²) in [7, 11) is 0. The normalized spacial score (nSPS) is 22.2. The molecule has 29 heavy (non-hydrogen) atoms. The zero-order chi connectivity index (χ0) is 20.5. The molecule has 8 heteroatoms. The van der Waals surface area contributed by atoms with E-state index in [2.05, 4.69) is 21.2 Å². The minimum Gasteiger partial charge on any atom is -0.383 e. The Morgan fingerprint density at radius 2 is 2.21 bits per heavy atom. The molecule has 3 unspecified atom stereocenters. The van der Waals surface area contributed by atoms with E-state index in [0.29, 0.717) is 35.0 Å². The maximum Gasteiger partial charge on any atom is 0.298 e. The molecule has 0 spiro atoms. The summed E-state index contributed by atoms with van der Waals surface area (Å²) in [6.07, 6.45) is 9.15. The molecule has 1 aliphatic carbocycles. The summed E-state index contributed by atoms with van der Waals surface area (Å²) in [5.74, 6) is 2.89. The molecule has 1 aliphatic heterocycles. The van der Waals surface area contributed by atoms with Crippen LogP contribution in [0.5, 0.6) is 0 Å². The SMILES string of the molecule is C#CC(=O)N1CC2CC(Nc3ncnc(N)c3C(=N)c3cccc(C=O)c3)C1C2. The van der Waals surface area contributed by atoms with Crippen LogP contribution in [0.1, 0.15) is 34.3 Å². The van der Waals surface area contributed by atoms with Crippen molar-refractivity contribution < 1.29 is 9.59 Å². The number of nitrogens with one attached hydrogen (secondary N) is 2. The summed E-state index contributed by atoms with van der Waals surface area (Å²) in [5.41, 5.74) is 7.58. The van der Waals surface area contributed by atoms with Crippen LogP contribution in [0.15, 0.2) is 30.6 Å². The predicted molar refractivity (Wildman–Crippen MR) is 109 cm³/mol. The van der Waals surface area contributed by atoms with Crippen molar-refractivity contribution in [3.05, 3.63) is 47.3 Å². The summed E-state index contributed by atoms with van der Waals surface area (Å²) in [4.78, 5) is 33.2. The maximum absolute atomic E-state index is 12.0. The lowest BCUT2D eigenvalue weighted by Crippen LogP contribution is -2.47. The number of carbonyl (C=O) groups excluding carboxylic acids is 2. The fourth-order valence-corrected chi connectivity index (χ4v) is 4.34. The van der Waals surface area contributed by atoms with E-state index in [9.17, 15) is 9.59 Å². The second-order valence-corrected chi connectivity index (χ2v) is 7.36. The Balaban J connectivity index is 1.64. The van der Waals surface area contributed by atoms with Gasteiger partial charge in [0, 0.05) is 23.7 Å². The molecule has 146 valence electrons. The third-order valence-electron chi connectivity index (χ3n) is 5.63. The van der Waals surface area contributed by atoms with Gasteiger partial charge in [-0.3, -0.25) is 15.0 Å². The smallest absolute Gasteiger partial charge is 0.298 e. The monoisotopic (exact) mass is 388 g/mol. The number of aromatic nitrogens is 2. The van der Waals surface area contributed by atoms with Crippen LogP contribution in [0, 0.1) is 23.7 Å². The number of benzene rings is 1. The molecular formula is C21H20N6O2. The summed E-state index contributed by atoms with van der Waals surface area (Å²) >= 11 is 0. The molecule has 1 amide bonds. The van der Waals surface area contributed by atoms with Crippen molar-refractivity contribution in [1.29, 1.82) is 5.41 Å². The van der Waals surface area contributed by atoms with Crippen molar-refractivity contribution >= 4 is 29.5 Å². The Hall–Kier alpha value is -3.73. The third kappa shape index (κ3) is 3.31. The molecule has 2 fully saturated rings. The van der Waals surface area contributed by atoms with Gasteiger partial charge in [0.1, 0.15) is 24.2 Å². The molecular weight excluding hydrogens is 368 g/mol. The lowest BCUT2D eigenvalue weighted by Gasteiger charge is -2.33. The Morgan fingerprint density at radius 3 is 2.93 bits per heavy atom. The predicted octanol–water partition coefficient (Wildman–Crippen LogP) is 1.32. The first-order valence-corrected chi connectivity index (χ1v) is 9.30. The Morgan fingerprint density at radius 1 is 1.38 bits per heavy atom. The van der Waals surface area contributed by atoms with E-state index in [1.807, 2.05) is 0 Å². The molecule has 1 saturated heterocycles. The number of nitrogens with zero attached hydrogens (tertiary/aromatic N) is 3. The van der Waals surface area contributed by atoms with Crippen LogP contribution in [-0.4, -0.2) is 51.4 Å². The quantitative estimate of drug-likeness (QED) is 0.403. The number of nitrogen functional groups attached to an aromatic ring is 1. The maximum atomic E-state index is 12.0. The van der Waals surface area contributed by atoms with Crippen LogP contribution in [0.2, 0.25) is 0 Å². The molecule has 1 aromatic heterocycles. The van der Waals surface area contributed by atoms with Crippen LogP contribution in [0.25, 0.3) is 0 Å². The van der Waals surface area contributed by atoms with Gasteiger partial charge in [0.2, 0.25) is 0 Å². The van der Waals surface area contributed by atoms with Crippen molar-refractivity contribution in [1.82, 2.24) is 14.9 Å². The number of rotatable bonds is 5. The van der Waals surface area contributed by atoms with Crippen molar-refractivity contribution in [2.75, 3.05) is 17.6 Å². The van der Waals surface area contributed by atoms with E-state index in [-0.39, 0.29) is 29.5 Å². The van der Waals surface area contributed by atoms with E-state index in [4.69, 9.17) is 17.6 Å². The summed E-state index contributed by atoms with van der Waals surface area (Å²) < 4.78 is 0. The molecule has 2 aliphatic rings. The van der Waals surface area contributed by atoms with Crippen LogP contribution < -0.4 is 11.1 Å². The largest absolute Gasteiger partial charge is 0.383 e. The van der Waals surface area contributed by atoms with Gasteiger partial charge < -0.3 is 16.0 Å². The van der Waals surface area contributed by atoms with Crippen LogP contribution in [-0.2, 0) is 4.79 Å². The number of fused-ring (bicyclic) bond motifs is 2. The van der Waals surface area contributed by atoms with Gasteiger partial charge in [0.05, 0.1) is 17.3 Å². The van der Waals surface area contributed by atoms with Crippen molar-refractivity contribution in [3.63, 3.8) is 0 Å². The number of aldehydes is 1. The van der Waals surface area contributed by atoms with Crippen LogP contribution in [0.4, 0.5) is 11.6 Å². The van der Waals surface area contributed by atoms with Gasteiger partial charge in [-0.1, -0.05) is 18.2 Å². The number of likely N-dealkylation sites (tertiary alicyclic amines) is 1. The Kier molecular flexibility index (Phi) is 4.72. The highest BCUT2D eigenvalue weighted by Crippen LogP contribution is 2.39. The number of anilines is 2. The average molecular weight is 388 g/mol. The Labute approximate surface area is 168 Å². The number of hydrogen-bond acceptors (Lipinski definition) is 7. The Bertz CT molecular complexity index is 1040. The number of hydrogen-bond donors (Lipinski definition) is 3. The number of terminal acetylenes is 1. The van der Waals surface area contributed by atoms with Gasteiger partial charge in [-0.2, -0.15) is 0 Å². The summed E-state index contributed by atoms with van der Waals surface area (Å²) in [6, 6.07) is 6.68. The molecule has 8 nitrogen and oxygen atoms in total. The van der Waals surface area contributed by atoms with E-state index in [0.717, 1.165) is 19.1 Å².